The molecule has 0 spiro atoms. The van der Waals surface area contributed by atoms with Gasteiger partial charge >= 0.3 is 0 Å². The Morgan fingerprint density at radius 1 is 1.30 bits per heavy atom. The molecule has 0 radical (unpaired) electrons. The summed E-state index contributed by atoms with van der Waals surface area (Å²) < 4.78 is 30.8. The van der Waals surface area contributed by atoms with Crippen molar-refractivity contribution in [2.45, 2.75) is 32.3 Å². The van der Waals surface area contributed by atoms with Crippen LogP contribution in [0.5, 0.6) is 0 Å². The molecule has 4 nitrogen and oxygen atoms in total. The van der Waals surface area contributed by atoms with E-state index in [2.05, 4.69) is 24.3 Å². The number of nitrogens with zero attached hydrogens (tertiary/aromatic N) is 1. The third-order valence-electron chi connectivity index (χ3n) is 3.67. The van der Waals surface area contributed by atoms with E-state index in [0.29, 0.717) is 13.1 Å². The Kier molecular flexibility index (Phi) is 5.18. The fraction of sp³-hybridized carbons (Fsp3) is 0.600. The van der Waals surface area contributed by atoms with Gasteiger partial charge < -0.3 is 4.74 Å². The van der Waals surface area contributed by atoms with Crippen molar-refractivity contribution >= 4 is 10.0 Å². The fourth-order valence-corrected chi connectivity index (χ4v) is 3.28. The lowest BCUT2D eigenvalue weighted by Gasteiger charge is -2.23. The topological polar surface area (TPSA) is 46.6 Å². The van der Waals surface area contributed by atoms with E-state index < -0.39 is 10.0 Å². The molecule has 1 aromatic rings. The Bertz CT molecular complexity index is 519. The zero-order chi connectivity index (χ0) is 14.6. The molecule has 20 heavy (non-hydrogen) atoms. The van der Waals surface area contributed by atoms with Crippen LogP contribution in [0.4, 0.5) is 0 Å². The molecule has 0 aliphatic carbocycles. The van der Waals surface area contributed by atoms with Gasteiger partial charge in [0.1, 0.15) is 0 Å². The van der Waals surface area contributed by atoms with E-state index in [1.807, 2.05) is 6.92 Å². The summed E-state index contributed by atoms with van der Waals surface area (Å²) in [7, 11) is -3.18. The smallest absolute Gasteiger partial charge is 0.211 e. The first-order chi connectivity index (χ1) is 9.45. The zero-order valence-electron chi connectivity index (χ0n) is 12.2. The van der Waals surface area contributed by atoms with Crippen molar-refractivity contribution in [3.05, 3.63) is 35.4 Å². The highest BCUT2D eigenvalue weighted by molar-refractivity contribution is 7.88. The minimum absolute atomic E-state index is 0.0581. The Labute approximate surface area is 121 Å². The molecule has 0 amide bonds. The first-order valence-corrected chi connectivity index (χ1v) is 8.92. The van der Waals surface area contributed by atoms with Crippen molar-refractivity contribution in [2.24, 2.45) is 0 Å². The predicted molar refractivity (Wildman–Crippen MR) is 80.3 cm³/mol. The number of sulfonamides is 1. The molecule has 1 saturated heterocycles. The molecular weight excluding hydrogens is 274 g/mol. The molecule has 5 heteroatoms. The van der Waals surface area contributed by atoms with Crippen molar-refractivity contribution in [3.8, 4) is 0 Å². The predicted octanol–water partition coefficient (Wildman–Crippen LogP) is 1.98. The van der Waals surface area contributed by atoms with E-state index >= 15 is 0 Å². The average molecular weight is 297 g/mol. The van der Waals surface area contributed by atoms with Crippen molar-refractivity contribution in [1.29, 1.82) is 0 Å². The fourth-order valence-electron chi connectivity index (χ4n) is 2.42. The van der Waals surface area contributed by atoms with E-state index in [4.69, 9.17) is 4.74 Å². The summed E-state index contributed by atoms with van der Waals surface area (Å²) >= 11 is 0. The molecule has 1 aromatic carbocycles. The van der Waals surface area contributed by atoms with Gasteiger partial charge in [-0.05, 0) is 31.7 Å². The monoisotopic (exact) mass is 297 g/mol. The van der Waals surface area contributed by atoms with Crippen LogP contribution in [0, 0.1) is 6.92 Å². The first-order valence-electron chi connectivity index (χ1n) is 7.07. The Hall–Kier alpha value is -0.910. The second kappa shape index (κ2) is 6.70. The van der Waals surface area contributed by atoms with Gasteiger partial charge in [0.2, 0.25) is 10.0 Å². The largest absolute Gasteiger partial charge is 0.377 e. The van der Waals surface area contributed by atoms with Crippen LogP contribution in [0.2, 0.25) is 0 Å². The van der Waals surface area contributed by atoms with Crippen molar-refractivity contribution in [1.82, 2.24) is 4.31 Å². The molecule has 0 saturated carbocycles. The van der Waals surface area contributed by atoms with E-state index in [-0.39, 0.29) is 6.10 Å². The van der Waals surface area contributed by atoms with Gasteiger partial charge in [0.15, 0.2) is 0 Å². The van der Waals surface area contributed by atoms with Crippen LogP contribution in [0.1, 0.15) is 24.0 Å². The van der Waals surface area contributed by atoms with E-state index in [1.54, 1.807) is 4.31 Å². The number of rotatable bonds is 6. The molecular formula is C15H23NO3S. The Balaban J connectivity index is 1.95. The van der Waals surface area contributed by atoms with Crippen LogP contribution in [-0.2, 0) is 21.2 Å². The van der Waals surface area contributed by atoms with Gasteiger partial charge in [-0.1, -0.05) is 29.8 Å². The number of hydrogen-bond acceptors (Lipinski definition) is 3. The summed E-state index contributed by atoms with van der Waals surface area (Å²) in [4.78, 5) is 0. The molecule has 1 fully saturated rings. The van der Waals surface area contributed by atoms with Crippen LogP contribution in [0.15, 0.2) is 24.3 Å². The maximum Gasteiger partial charge on any atom is 0.211 e. The summed E-state index contributed by atoms with van der Waals surface area (Å²) in [6, 6.07) is 8.23. The molecule has 1 aliphatic heterocycles. The molecule has 0 N–H and O–H groups in total. The first kappa shape index (κ1) is 15.5. The number of aryl methyl sites for hydroxylation is 1. The molecule has 1 atom stereocenters. The van der Waals surface area contributed by atoms with Crippen LogP contribution in [0.3, 0.4) is 0 Å². The lowest BCUT2D eigenvalue weighted by molar-refractivity contribution is 0.0941. The molecule has 1 heterocycles. The quantitative estimate of drug-likeness (QED) is 0.806. The van der Waals surface area contributed by atoms with Crippen molar-refractivity contribution < 1.29 is 13.2 Å². The average Bonchev–Trinajstić information content (AvgIpc) is 2.88. The molecule has 2 rings (SSSR count). The number of hydrogen-bond donors (Lipinski definition) is 0. The van der Waals surface area contributed by atoms with E-state index in [1.165, 1.54) is 11.8 Å². The van der Waals surface area contributed by atoms with Crippen LogP contribution in [-0.4, -0.2) is 44.8 Å². The van der Waals surface area contributed by atoms with Gasteiger partial charge in [-0.2, -0.15) is 4.31 Å². The Morgan fingerprint density at radius 2 is 2.00 bits per heavy atom. The van der Waals surface area contributed by atoms with Crippen molar-refractivity contribution in [2.75, 3.05) is 26.0 Å². The highest BCUT2D eigenvalue weighted by atomic mass is 32.2. The lowest BCUT2D eigenvalue weighted by atomic mass is 10.1. The SMILES string of the molecule is Cc1ccc(CCN(CC2CCCO2)S(C)(=O)=O)cc1. The maximum atomic E-state index is 11.9. The maximum absolute atomic E-state index is 11.9. The van der Waals surface area contributed by atoms with E-state index in [0.717, 1.165) is 31.4 Å². The summed E-state index contributed by atoms with van der Waals surface area (Å²) in [5.74, 6) is 0. The molecule has 112 valence electrons. The molecule has 0 bridgehead atoms. The van der Waals surface area contributed by atoms with Crippen LogP contribution >= 0.6 is 0 Å². The minimum atomic E-state index is -3.18. The van der Waals surface area contributed by atoms with Gasteiger partial charge in [0, 0.05) is 19.7 Å². The van der Waals surface area contributed by atoms with Gasteiger partial charge in [0.25, 0.3) is 0 Å². The third-order valence-corrected chi connectivity index (χ3v) is 4.94. The second-order valence-corrected chi connectivity index (χ2v) is 7.47. The van der Waals surface area contributed by atoms with E-state index in [9.17, 15) is 8.42 Å². The highest BCUT2D eigenvalue weighted by Gasteiger charge is 2.24. The van der Waals surface area contributed by atoms with Crippen LogP contribution in [0.25, 0.3) is 0 Å². The summed E-state index contributed by atoms with van der Waals surface area (Å²) in [6.07, 6.45) is 4.05. The summed E-state index contributed by atoms with van der Waals surface area (Å²) in [5.41, 5.74) is 2.38. The molecule has 1 unspecified atom stereocenters. The van der Waals surface area contributed by atoms with Gasteiger partial charge in [-0.15, -0.1) is 0 Å². The van der Waals surface area contributed by atoms with Crippen LogP contribution < -0.4 is 0 Å². The van der Waals surface area contributed by atoms with Gasteiger partial charge in [-0.3, -0.25) is 0 Å². The number of benzene rings is 1. The molecule has 1 aliphatic rings. The highest BCUT2D eigenvalue weighted by Crippen LogP contribution is 2.15. The third kappa shape index (κ3) is 4.58. The Morgan fingerprint density at radius 3 is 2.55 bits per heavy atom. The zero-order valence-corrected chi connectivity index (χ0v) is 13.0. The second-order valence-electron chi connectivity index (χ2n) is 5.49. The van der Waals surface area contributed by atoms with Gasteiger partial charge in [0.05, 0.1) is 12.4 Å². The minimum Gasteiger partial charge on any atom is -0.377 e. The summed E-state index contributed by atoms with van der Waals surface area (Å²) in [6.45, 7) is 3.79. The standard InChI is InChI=1S/C15H23NO3S/c1-13-5-7-14(8-6-13)9-10-16(20(2,17)18)12-15-4-3-11-19-15/h5-8,15H,3-4,9-12H2,1-2H3. The van der Waals surface area contributed by atoms with Crippen molar-refractivity contribution in [3.63, 3.8) is 0 Å². The normalized spacial score (nSPS) is 19.6. The molecule has 0 aromatic heterocycles. The number of ether oxygens (including phenoxy) is 1. The lowest BCUT2D eigenvalue weighted by Crippen LogP contribution is -2.38. The summed E-state index contributed by atoms with van der Waals surface area (Å²) in [5, 5.41) is 0. The van der Waals surface area contributed by atoms with Gasteiger partial charge in [-0.25, -0.2) is 8.42 Å².